The van der Waals surface area contributed by atoms with Crippen LogP contribution in [0.2, 0.25) is 0 Å². The van der Waals surface area contributed by atoms with Crippen molar-refractivity contribution >= 4 is 11.7 Å². The van der Waals surface area contributed by atoms with E-state index in [1.165, 1.54) is 19.2 Å². The lowest BCUT2D eigenvalue weighted by Crippen LogP contribution is -2.40. The van der Waals surface area contributed by atoms with Gasteiger partial charge in [-0.25, -0.2) is 0 Å². The summed E-state index contributed by atoms with van der Waals surface area (Å²) in [5.74, 6) is -0.472. The molecule has 0 N–H and O–H groups in total. The highest BCUT2D eigenvalue weighted by molar-refractivity contribution is 5.69. The van der Waals surface area contributed by atoms with Gasteiger partial charge in [-0.1, -0.05) is 28.4 Å². The van der Waals surface area contributed by atoms with Crippen LogP contribution in [0.25, 0.3) is 20.9 Å². The van der Waals surface area contributed by atoms with E-state index in [0.717, 1.165) is 23.3 Å². The number of piperidine rings is 1. The summed E-state index contributed by atoms with van der Waals surface area (Å²) in [6.45, 7) is 1.70. The molecular weight excluding hydrogens is 463 g/mol. The molecule has 2 aromatic carbocycles. The molecule has 0 radical (unpaired) electrons. The Labute approximate surface area is 199 Å². The van der Waals surface area contributed by atoms with Crippen LogP contribution < -0.4 is 0 Å². The second kappa shape index (κ2) is 11.6. The molecule has 0 aromatic heterocycles. The average molecular weight is 487 g/mol. The number of carbonyl (C=O) groups is 1. The van der Waals surface area contributed by atoms with Gasteiger partial charge in [-0.2, -0.15) is 13.2 Å². The lowest BCUT2D eigenvalue weighted by Gasteiger charge is -2.38. The number of ether oxygens (including phenoxy) is 1. The van der Waals surface area contributed by atoms with Gasteiger partial charge in [-0.05, 0) is 70.3 Å². The van der Waals surface area contributed by atoms with Crippen LogP contribution >= 0.6 is 0 Å². The third-order valence-corrected chi connectivity index (χ3v) is 5.93. The Hall–Kier alpha value is -3.72. The number of azide groups is 2. The molecule has 1 heterocycles. The largest absolute Gasteiger partial charge is 0.469 e. The number of carbonyl (C=O) groups excluding carboxylic acids is 1. The number of alkyl halides is 3. The molecule has 2 aromatic rings. The minimum Gasteiger partial charge on any atom is -0.469 e. The Morgan fingerprint density at radius 2 is 1.83 bits per heavy atom. The standard InChI is InChI=1S/C23H24F3N7O2/c1-35-22(34)10-17-7-19(18-2-4-20(5-3-18)23(24,25)26)14-33(13-17)12-16-6-15(11-29-31-27)8-21(9-16)30-32-28/h2-6,8-9,17,19H,7,10-14H2,1H3/t17-,19+/m1/s1. The summed E-state index contributed by atoms with van der Waals surface area (Å²) in [4.78, 5) is 19.7. The molecule has 184 valence electrons. The number of esters is 1. The van der Waals surface area contributed by atoms with Gasteiger partial charge in [0.1, 0.15) is 0 Å². The molecule has 1 aliphatic heterocycles. The molecule has 1 fully saturated rings. The van der Waals surface area contributed by atoms with Crippen LogP contribution in [0.15, 0.2) is 52.7 Å². The van der Waals surface area contributed by atoms with Gasteiger partial charge in [0.25, 0.3) is 0 Å². The van der Waals surface area contributed by atoms with Crippen molar-refractivity contribution in [2.75, 3.05) is 20.2 Å². The zero-order valence-corrected chi connectivity index (χ0v) is 19.0. The summed E-state index contributed by atoms with van der Waals surface area (Å²) < 4.78 is 43.8. The van der Waals surface area contributed by atoms with E-state index in [0.29, 0.717) is 37.3 Å². The highest BCUT2D eigenvalue weighted by Crippen LogP contribution is 2.35. The van der Waals surface area contributed by atoms with E-state index in [9.17, 15) is 18.0 Å². The maximum absolute atomic E-state index is 13.0. The topological polar surface area (TPSA) is 127 Å². The third-order valence-electron chi connectivity index (χ3n) is 5.93. The van der Waals surface area contributed by atoms with Gasteiger partial charge < -0.3 is 4.74 Å². The lowest BCUT2D eigenvalue weighted by atomic mass is 9.82. The molecule has 2 atom stereocenters. The number of rotatable bonds is 8. The van der Waals surface area contributed by atoms with Gasteiger partial charge in [0.15, 0.2) is 0 Å². The summed E-state index contributed by atoms with van der Waals surface area (Å²) in [5.41, 5.74) is 19.4. The van der Waals surface area contributed by atoms with Gasteiger partial charge in [0.05, 0.1) is 19.2 Å². The fourth-order valence-electron chi connectivity index (χ4n) is 4.49. The molecule has 35 heavy (non-hydrogen) atoms. The van der Waals surface area contributed by atoms with Crippen LogP contribution in [-0.4, -0.2) is 31.1 Å². The molecule has 0 spiro atoms. The predicted molar refractivity (Wildman–Crippen MR) is 122 cm³/mol. The maximum Gasteiger partial charge on any atom is 0.416 e. The maximum atomic E-state index is 13.0. The number of hydrogen-bond acceptors (Lipinski definition) is 5. The second-order valence-corrected chi connectivity index (χ2v) is 8.48. The SMILES string of the molecule is COC(=O)C[C@H]1C[C@H](c2ccc(C(F)(F)F)cc2)CN(Cc2cc(CN=[N+]=[N-])cc(N=[N+]=[N-])c2)C1. The quantitative estimate of drug-likeness (QED) is 0.179. The fourth-order valence-corrected chi connectivity index (χ4v) is 4.49. The molecular formula is C23H24F3N7O2. The van der Waals surface area contributed by atoms with Crippen molar-refractivity contribution in [3.8, 4) is 0 Å². The normalized spacial score (nSPS) is 18.3. The Balaban J connectivity index is 1.86. The molecule has 1 saturated heterocycles. The van der Waals surface area contributed by atoms with Crippen LogP contribution in [0.4, 0.5) is 18.9 Å². The van der Waals surface area contributed by atoms with Crippen molar-refractivity contribution in [2.45, 2.75) is 38.0 Å². The van der Waals surface area contributed by atoms with Crippen molar-refractivity contribution in [2.24, 2.45) is 16.1 Å². The van der Waals surface area contributed by atoms with Crippen molar-refractivity contribution in [3.05, 3.63) is 85.6 Å². The molecule has 0 bridgehead atoms. The first-order valence-electron chi connectivity index (χ1n) is 10.9. The van der Waals surface area contributed by atoms with Crippen molar-refractivity contribution < 1.29 is 22.7 Å². The van der Waals surface area contributed by atoms with Crippen LogP contribution in [0.3, 0.4) is 0 Å². The summed E-state index contributed by atoms with van der Waals surface area (Å²) in [7, 11) is 1.32. The highest BCUT2D eigenvalue weighted by Gasteiger charge is 2.32. The summed E-state index contributed by atoms with van der Waals surface area (Å²) in [6, 6.07) is 10.4. The van der Waals surface area contributed by atoms with Gasteiger partial charge in [0.2, 0.25) is 0 Å². The predicted octanol–water partition coefficient (Wildman–Crippen LogP) is 6.63. The zero-order valence-electron chi connectivity index (χ0n) is 19.0. The van der Waals surface area contributed by atoms with Crippen molar-refractivity contribution in [1.82, 2.24) is 4.90 Å². The molecule has 3 rings (SSSR count). The molecule has 0 unspecified atom stereocenters. The number of methoxy groups -OCH3 is 1. The number of likely N-dealkylation sites (tertiary alicyclic amines) is 1. The number of nitrogens with zero attached hydrogens (tertiary/aromatic N) is 7. The molecule has 0 amide bonds. The van der Waals surface area contributed by atoms with E-state index < -0.39 is 11.7 Å². The number of benzene rings is 2. The van der Waals surface area contributed by atoms with E-state index >= 15 is 0 Å². The van der Waals surface area contributed by atoms with Gasteiger partial charge in [-0.3, -0.25) is 9.69 Å². The first kappa shape index (κ1) is 25.9. The second-order valence-electron chi connectivity index (χ2n) is 8.48. The Kier molecular flexibility index (Phi) is 8.59. The minimum absolute atomic E-state index is 0.0496. The molecule has 0 saturated carbocycles. The summed E-state index contributed by atoms with van der Waals surface area (Å²) >= 11 is 0. The van der Waals surface area contributed by atoms with Crippen LogP contribution in [0.1, 0.15) is 41.0 Å². The van der Waals surface area contributed by atoms with Crippen molar-refractivity contribution in [1.29, 1.82) is 0 Å². The third kappa shape index (κ3) is 7.38. The Morgan fingerprint density at radius 1 is 1.11 bits per heavy atom. The van der Waals surface area contributed by atoms with Gasteiger partial charge >= 0.3 is 12.1 Å². The molecule has 12 heteroatoms. The number of halogens is 3. The van der Waals surface area contributed by atoms with E-state index in [1.807, 2.05) is 6.07 Å². The van der Waals surface area contributed by atoms with Crippen LogP contribution in [-0.2, 0) is 28.8 Å². The lowest BCUT2D eigenvalue weighted by molar-refractivity contribution is -0.142. The highest BCUT2D eigenvalue weighted by atomic mass is 19.4. The molecule has 0 aliphatic carbocycles. The van der Waals surface area contributed by atoms with Gasteiger partial charge in [0, 0.05) is 41.6 Å². The Bertz CT molecular complexity index is 1140. The monoisotopic (exact) mass is 487 g/mol. The summed E-state index contributed by atoms with van der Waals surface area (Å²) in [6.07, 6.45) is -3.57. The Morgan fingerprint density at radius 3 is 2.46 bits per heavy atom. The molecule has 9 nitrogen and oxygen atoms in total. The van der Waals surface area contributed by atoms with Crippen LogP contribution in [0.5, 0.6) is 0 Å². The average Bonchev–Trinajstić information content (AvgIpc) is 2.82. The van der Waals surface area contributed by atoms with E-state index in [2.05, 4.69) is 25.0 Å². The minimum atomic E-state index is -4.41. The fraction of sp³-hybridized carbons (Fsp3) is 0.435. The van der Waals surface area contributed by atoms with Gasteiger partial charge in [-0.15, -0.1) is 0 Å². The van der Waals surface area contributed by atoms with E-state index in [-0.39, 0.29) is 30.8 Å². The summed E-state index contributed by atoms with van der Waals surface area (Å²) in [5, 5.41) is 7.22. The zero-order chi connectivity index (χ0) is 25.4. The smallest absolute Gasteiger partial charge is 0.416 e. The number of hydrogen-bond donors (Lipinski definition) is 0. The van der Waals surface area contributed by atoms with Crippen molar-refractivity contribution in [3.63, 3.8) is 0 Å². The first-order valence-corrected chi connectivity index (χ1v) is 10.9. The first-order chi connectivity index (χ1) is 16.7. The van der Waals surface area contributed by atoms with Crippen LogP contribution in [0, 0.1) is 5.92 Å². The van der Waals surface area contributed by atoms with E-state index in [1.54, 1.807) is 12.1 Å². The molecule has 1 aliphatic rings. The van der Waals surface area contributed by atoms with E-state index in [4.69, 9.17) is 15.8 Å².